The number of hydrogen-bond donors (Lipinski definition) is 1. The van der Waals surface area contributed by atoms with Crippen LogP contribution < -0.4 is 0 Å². The molecule has 0 spiro atoms. The summed E-state index contributed by atoms with van der Waals surface area (Å²) in [5.74, 6) is 0. The summed E-state index contributed by atoms with van der Waals surface area (Å²) < 4.78 is 0. The van der Waals surface area contributed by atoms with E-state index < -0.39 is 0 Å². The Bertz CT molecular complexity index is 171. The van der Waals surface area contributed by atoms with Crippen LogP contribution in [0.15, 0.2) is 12.4 Å². The quantitative estimate of drug-likeness (QED) is 0.516. The molecule has 0 bridgehead atoms. The maximum Gasteiger partial charge on any atom is 0.181 e. The molecule has 1 aromatic rings. The van der Waals surface area contributed by atoms with Crippen LogP contribution in [0.5, 0.6) is 0 Å². The van der Waals surface area contributed by atoms with Crippen molar-refractivity contribution < 1.29 is 0 Å². The highest BCUT2D eigenvalue weighted by Gasteiger charge is 1.57. The summed E-state index contributed by atoms with van der Waals surface area (Å²) in [6.07, 6.45) is 3.17. The van der Waals surface area contributed by atoms with Gasteiger partial charge in [-0.25, -0.2) is 0 Å². The van der Waals surface area contributed by atoms with Gasteiger partial charge in [-0.2, -0.15) is 25.9 Å². The van der Waals surface area contributed by atoms with Gasteiger partial charge in [-0.15, -0.1) is 0 Å². The molecule has 1 heterocycles. The molecule has 0 saturated heterocycles. The predicted octanol–water partition coefficient (Wildman–Crippen LogP) is -0.162. The second-order valence-corrected chi connectivity index (χ2v) is 0.880. The second kappa shape index (κ2) is 6.12. The third-order valence-corrected chi connectivity index (χ3v) is 0.381. The van der Waals surface area contributed by atoms with Gasteiger partial charge >= 0.3 is 0 Å². The molecule has 0 aliphatic carbocycles. The van der Waals surface area contributed by atoms with E-state index in [9.17, 15) is 0 Å². The van der Waals surface area contributed by atoms with Crippen LogP contribution in [-0.4, -0.2) is 15.4 Å². The van der Waals surface area contributed by atoms with Gasteiger partial charge in [-0.05, 0) is 0 Å². The minimum atomic E-state index is 1.24. The Morgan fingerprint density at radius 3 is 1.67 bits per heavy atom. The van der Waals surface area contributed by atoms with Crippen LogP contribution in [0.3, 0.4) is 0 Å². The molecule has 1 rings (SSSR count). The second-order valence-electron chi connectivity index (χ2n) is 0.880. The van der Waals surface area contributed by atoms with Crippen molar-refractivity contribution in [3.63, 3.8) is 0 Å². The summed E-state index contributed by atoms with van der Waals surface area (Å²) in [7, 11) is 0. The molecule has 0 amide bonds. The van der Waals surface area contributed by atoms with Crippen LogP contribution in [0.25, 0.3) is 0 Å². The van der Waals surface area contributed by atoms with Crippen LogP contribution in [0.1, 0.15) is 0 Å². The molecule has 0 radical (unpaired) electrons. The van der Waals surface area contributed by atoms with Crippen molar-refractivity contribution >= 4 is 0 Å². The molecule has 0 saturated carbocycles. The van der Waals surface area contributed by atoms with Crippen LogP contribution >= 0.6 is 0 Å². The number of nitrogens with one attached hydrogen (secondary N) is 1. The van der Waals surface area contributed by atoms with Gasteiger partial charge in [-0.1, -0.05) is 0 Å². The van der Waals surface area contributed by atoms with Gasteiger partial charge in [0.25, 0.3) is 0 Å². The van der Waals surface area contributed by atoms with E-state index in [2.05, 4.69) is 15.4 Å². The minimum Gasteiger partial charge on any atom is -0.198 e. The Hall–Kier alpha value is -1.88. The fourth-order valence-corrected chi connectivity index (χ4v) is 0.167. The molecule has 0 fully saturated rings. The molecule has 0 unspecified atom stereocenters. The fraction of sp³-hybridized carbons (Fsp3) is 0. The number of hydrogen-bond acceptors (Lipinski definition) is 4. The number of rotatable bonds is 0. The van der Waals surface area contributed by atoms with Gasteiger partial charge in [0.1, 0.15) is 0 Å². The van der Waals surface area contributed by atoms with Gasteiger partial charge in [0, 0.05) is 0 Å². The summed E-state index contributed by atoms with van der Waals surface area (Å²) in [6.45, 7) is 0. The number of aromatic amines is 1. The molecule has 1 N–H and O–H groups in total. The first kappa shape index (κ1) is 7.12. The summed E-state index contributed by atoms with van der Waals surface area (Å²) >= 11 is 0. The first-order valence-corrected chi connectivity index (χ1v) is 1.99. The molecule has 0 atom stereocenters. The molecular formula is C4H3N5. The third-order valence-electron chi connectivity index (χ3n) is 0.381. The Morgan fingerprint density at radius 2 is 1.56 bits per heavy atom. The number of H-pyrrole nitrogens is 1. The van der Waals surface area contributed by atoms with Crippen LogP contribution in [-0.2, 0) is 0 Å². The van der Waals surface area contributed by atoms with Crippen molar-refractivity contribution in [2.45, 2.75) is 0 Å². The summed E-state index contributed by atoms with van der Waals surface area (Å²) in [5, 5.41) is 23.9. The predicted molar refractivity (Wildman–Crippen MR) is 27.6 cm³/mol. The highest BCUT2D eigenvalue weighted by atomic mass is 15.3. The van der Waals surface area contributed by atoms with Crippen molar-refractivity contribution in [2.75, 3.05) is 0 Å². The van der Waals surface area contributed by atoms with Crippen molar-refractivity contribution in [1.82, 2.24) is 15.4 Å². The first-order valence-electron chi connectivity index (χ1n) is 1.99. The number of nitrogens with zero attached hydrogens (tertiary/aromatic N) is 4. The van der Waals surface area contributed by atoms with Gasteiger partial charge in [0.2, 0.25) is 0 Å². The highest BCUT2D eigenvalue weighted by Crippen LogP contribution is 1.55. The zero-order chi connectivity index (χ0) is 6.95. The highest BCUT2D eigenvalue weighted by molar-refractivity contribution is 4.99. The van der Waals surface area contributed by atoms with E-state index in [0.717, 1.165) is 0 Å². The topological polar surface area (TPSA) is 89.1 Å². The molecular weight excluding hydrogens is 118 g/mol. The van der Waals surface area contributed by atoms with Gasteiger partial charge in [-0.3, -0.25) is 0 Å². The Balaban J connectivity index is 0.000000148. The molecule has 0 aliphatic rings. The molecule has 5 heteroatoms. The van der Waals surface area contributed by atoms with Crippen LogP contribution in [0.4, 0.5) is 0 Å². The van der Waals surface area contributed by atoms with Crippen molar-refractivity contribution in [3.8, 4) is 12.1 Å². The Kier molecular flexibility index (Phi) is 4.84. The molecule has 0 aliphatic heterocycles. The van der Waals surface area contributed by atoms with E-state index >= 15 is 0 Å². The lowest BCUT2D eigenvalue weighted by molar-refractivity contribution is 0.940. The summed E-state index contributed by atoms with van der Waals surface area (Å²) in [5.41, 5.74) is 0. The SMILES string of the molecule is N#CC#N.c1cn[nH]n1. The zero-order valence-electron chi connectivity index (χ0n) is 4.44. The lowest BCUT2D eigenvalue weighted by Crippen LogP contribution is -1.61. The van der Waals surface area contributed by atoms with Gasteiger partial charge in [0.05, 0.1) is 12.4 Å². The molecule has 44 valence electrons. The van der Waals surface area contributed by atoms with Crippen LogP contribution in [0.2, 0.25) is 0 Å². The molecule has 5 nitrogen and oxygen atoms in total. The third kappa shape index (κ3) is 6.12. The maximum atomic E-state index is 7.26. The number of aromatic nitrogens is 3. The smallest absolute Gasteiger partial charge is 0.181 e. The van der Waals surface area contributed by atoms with E-state index in [-0.39, 0.29) is 0 Å². The Labute approximate surface area is 51.5 Å². The van der Waals surface area contributed by atoms with Gasteiger partial charge < -0.3 is 0 Å². The first-order chi connectivity index (χ1) is 4.41. The summed E-state index contributed by atoms with van der Waals surface area (Å²) in [6, 6.07) is 2.47. The van der Waals surface area contributed by atoms with E-state index in [0.29, 0.717) is 0 Å². The molecule has 0 aromatic carbocycles. The van der Waals surface area contributed by atoms with E-state index in [4.69, 9.17) is 10.5 Å². The van der Waals surface area contributed by atoms with Crippen LogP contribution in [0, 0.1) is 22.7 Å². The molecule has 1 aromatic heterocycles. The lowest BCUT2D eigenvalue weighted by Gasteiger charge is -1.48. The average Bonchev–Trinajstić information content (AvgIpc) is 2.43. The van der Waals surface area contributed by atoms with Crippen molar-refractivity contribution in [2.24, 2.45) is 0 Å². The zero-order valence-corrected chi connectivity index (χ0v) is 4.44. The van der Waals surface area contributed by atoms with Gasteiger partial charge in [0.15, 0.2) is 12.1 Å². The van der Waals surface area contributed by atoms with E-state index in [1.54, 1.807) is 12.4 Å². The minimum absolute atomic E-state index is 1.24. The summed E-state index contributed by atoms with van der Waals surface area (Å²) in [4.78, 5) is 0. The van der Waals surface area contributed by atoms with Crippen molar-refractivity contribution in [3.05, 3.63) is 12.4 Å². The Morgan fingerprint density at radius 1 is 1.11 bits per heavy atom. The van der Waals surface area contributed by atoms with Crippen molar-refractivity contribution in [1.29, 1.82) is 10.5 Å². The lowest BCUT2D eigenvalue weighted by atomic mass is 10.9. The maximum absolute atomic E-state index is 7.26. The standard InChI is InChI=1S/C2H3N3.C2N2/c1-2-4-5-3-1;3-1-2-4/h1-2H,(H,3,4,5);. The molecule has 9 heavy (non-hydrogen) atoms. The number of nitriles is 2. The normalized spacial score (nSPS) is 5.56. The fourth-order valence-electron chi connectivity index (χ4n) is 0.167. The van der Waals surface area contributed by atoms with E-state index in [1.165, 1.54) is 12.1 Å². The van der Waals surface area contributed by atoms with E-state index in [1.807, 2.05) is 0 Å². The monoisotopic (exact) mass is 121 g/mol. The largest absolute Gasteiger partial charge is 0.198 e. The average molecular weight is 121 g/mol.